The van der Waals surface area contributed by atoms with Gasteiger partial charge in [-0.1, -0.05) is 18.8 Å². The van der Waals surface area contributed by atoms with Crippen LogP contribution in [-0.4, -0.2) is 31.2 Å². The molecule has 0 bridgehead atoms. The van der Waals surface area contributed by atoms with Gasteiger partial charge in [-0.2, -0.15) is 0 Å². The number of anilines is 1. The lowest BCUT2D eigenvalue weighted by Crippen LogP contribution is -2.18. The summed E-state index contributed by atoms with van der Waals surface area (Å²) >= 11 is 0. The SMILES string of the molecule is COCC(C)CC(=O)Nc1cc(C#CCN)ccn1. The molecule has 0 aliphatic heterocycles. The number of pyridine rings is 1. The molecule has 0 fully saturated rings. The zero-order valence-corrected chi connectivity index (χ0v) is 11.3. The minimum absolute atomic E-state index is 0.0824. The molecule has 5 nitrogen and oxygen atoms in total. The molecule has 0 spiro atoms. The summed E-state index contributed by atoms with van der Waals surface area (Å²) in [7, 11) is 1.62. The van der Waals surface area contributed by atoms with Crippen molar-refractivity contribution in [3.8, 4) is 11.8 Å². The summed E-state index contributed by atoms with van der Waals surface area (Å²) in [5, 5.41) is 2.74. The Bertz CT molecular complexity index is 477. The van der Waals surface area contributed by atoms with E-state index in [0.717, 1.165) is 5.56 Å². The Morgan fingerprint density at radius 2 is 2.42 bits per heavy atom. The average Bonchev–Trinajstić information content (AvgIpc) is 2.36. The number of ether oxygens (including phenoxy) is 1. The van der Waals surface area contributed by atoms with E-state index in [1.165, 1.54) is 0 Å². The van der Waals surface area contributed by atoms with Gasteiger partial charge in [0.15, 0.2) is 0 Å². The maximum atomic E-state index is 11.8. The zero-order valence-electron chi connectivity index (χ0n) is 11.3. The fourth-order valence-corrected chi connectivity index (χ4v) is 1.58. The number of nitrogens with zero attached hydrogens (tertiary/aromatic N) is 1. The van der Waals surface area contributed by atoms with Gasteiger partial charge in [-0.25, -0.2) is 4.98 Å². The summed E-state index contributed by atoms with van der Waals surface area (Å²) < 4.78 is 4.99. The van der Waals surface area contributed by atoms with Crippen molar-refractivity contribution in [3.05, 3.63) is 23.9 Å². The molecule has 0 radical (unpaired) electrons. The highest BCUT2D eigenvalue weighted by molar-refractivity contribution is 5.90. The van der Waals surface area contributed by atoms with Gasteiger partial charge in [0.1, 0.15) is 5.82 Å². The lowest BCUT2D eigenvalue weighted by Gasteiger charge is -2.10. The van der Waals surface area contributed by atoms with Crippen LogP contribution in [0.4, 0.5) is 5.82 Å². The first kappa shape index (κ1) is 15.2. The highest BCUT2D eigenvalue weighted by Gasteiger charge is 2.09. The van der Waals surface area contributed by atoms with E-state index >= 15 is 0 Å². The largest absolute Gasteiger partial charge is 0.384 e. The smallest absolute Gasteiger partial charge is 0.225 e. The normalized spacial score (nSPS) is 11.3. The van der Waals surface area contributed by atoms with Gasteiger partial charge < -0.3 is 15.8 Å². The second-order valence-electron chi connectivity index (χ2n) is 4.25. The first-order valence-corrected chi connectivity index (χ1v) is 6.09. The van der Waals surface area contributed by atoms with E-state index in [-0.39, 0.29) is 11.8 Å². The topological polar surface area (TPSA) is 77.2 Å². The van der Waals surface area contributed by atoms with Crippen LogP contribution in [0.3, 0.4) is 0 Å². The first-order chi connectivity index (χ1) is 9.15. The van der Waals surface area contributed by atoms with E-state index in [2.05, 4.69) is 22.1 Å². The lowest BCUT2D eigenvalue weighted by molar-refractivity contribution is -0.117. The van der Waals surface area contributed by atoms with Crippen LogP contribution in [0.25, 0.3) is 0 Å². The molecule has 5 heteroatoms. The maximum Gasteiger partial charge on any atom is 0.225 e. The summed E-state index contributed by atoms with van der Waals surface area (Å²) in [6, 6.07) is 3.49. The van der Waals surface area contributed by atoms with Crippen LogP contribution < -0.4 is 11.1 Å². The molecule has 0 aliphatic rings. The number of hydrogen-bond acceptors (Lipinski definition) is 4. The highest BCUT2D eigenvalue weighted by atomic mass is 16.5. The van der Waals surface area contributed by atoms with Gasteiger partial charge in [0.2, 0.25) is 5.91 Å². The number of methoxy groups -OCH3 is 1. The second kappa shape index (κ2) is 8.25. The zero-order chi connectivity index (χ0) is 14.1. The molecule has 0 saturated carbocycles. The van der Waals surface area contributed by atoms with Crippen molar-refractivity contribution in [2.75, 3.05) is 25.6 Å². The highest BCUT2D eigenvalue weighted by Crippen LogP contribution is 2.08. The van der Waals surface area contributed by atoms with Crippen molar-refractivity contribution < 1.29 is 9.53 Å². The quantitative estimate of drug-likeness (QED) is 0.775. The van der Waals surface area contributed by atoms with Crippen molar-refractivity contribution >= 4 is 11.7 Å². The molecule has 1 atom stereocenters. The van der Waals surface area contributed by atoms with E-state index in [1.807, 2.05) is 6.92 Å². The number of nitrogens with two attached hydrogens (primary N) is 1. The van der Waals surface area contributed by atoms with Gasteiger partial charge in [-0.15, -0.1) is 0 Å². The van der Waals surface area contributed by atoms with Crippen LogP contribution in [0.1, 0.15) is 18.9 Å². The molecular formula is C14H19N3O2. The molecule has 1 rings (SSSR count). The predicted octanol–water partition coefficient (Wildman–Crippen LogP) is 1.00. The standard InChI is InChI=1S/C14H19N3O2/c1-11(10-19-2)8-14(18)17-13-9-12(4-3-6-15)5-7-16-13/h5,7,9,11H,6,8,10,15H2,1-2H3,(H,16,17,18). The Hall–Kier alpha value is -1.90. The number of carbonyl (C=O) groups is 1. The third-order valence-electron chi connectivity index (χ3n) is 2.35. The average molecular weight is 261 g/mol. The number of hydrogen-bond donors (Lipinski definition) is 2. The molecule has 0 aromatic carbocycles. The van der Waals surface area contributed by atoms with E-state index in [9.17, 15) is 4.79 Å². The third kappa shape index (κ3) is 6.00. The van der Waals surface area contributed by atoms with Crippen molar-refractivity contribution in [1.29, 1.82) is 0 Å². The van der Waals surface area contributed by atoms with Crippen molar-refractivity contribution in [3.63, 3.8) is 0 Å². The van der Waals surface area contributed by atoms with Gasteiger partial charge in [-0.05, 0) is 18.1 Å². The van der Waals surface area contributed by atoms with Crippen LogP contribution in [0.5, 0.6) is 0 Å². The molecule has 0 aliphatic carbocycles. The number of aromatic nitrogens is 1. The number of carbonyl (C=O) groups excluding carboxylic acids is 1. The first-order valence-electron chi connectivity index (χ1n) is 6.09. The van der Waals surface area contributed by atoms with Crippen LogP contribution >= 0.6 is 0 Å². The molecule has 1 aromatic rings. The van der Waals surface area contributed by atoms with Crippen molar-refractivity contribution in [2.45, 2.75) is 13.3 Å². The Morgan fingerprint density at radius 3 is 3.11 bits per heavy atom. The fourth-order valence-electron chi connectivity index (χ4n) is 1.58. The molecule has 1 unspecified atom stereocenters. The molecule has 19 heavy (non-hydrogen) atoms. The Balaban J connectivity index is 2.59. The van der Waals surface area contributed by atoms with E-state index < -0.39 is 0 Å². The molecule has 0 saturated heterocycles. The number of nitrogens with one attached hydrogen (secondary N) is 1. The fraction of sp³-hybridized carbons (Fsp3) is 0.429. The van der Waals surface area contributed by atoms with Crippen molar-refractivity contribution in [1.82, 2.24) is 4.98 Å². The van der Waals surface area contributed by atoms with Crippen LogP contribution in [0, 0.1) is 17.8 Å². The van der Waals surface area contributed by atoms with Crippen LogP contribution in [-0.2, 0) is 9.53 Å². The number of amides is 1. The molecule has 3 N–H and O–H groups in total. The monoisotopic (exact) mass is 261 g/mol. The summed E-state index contributed by atoms with van der Waals surface area (Å²) in [4.78, 5) is 15.8. The minimum Gasteiger partial charge on any atom is -0.384 e. The summed E-state index contributed by atoms with van der Waals surface area (Å²) in [5.74, 6) is 6.24. The van der Waals surface area contributed by atoms with E-state index in [1.54, 1.807) is 25.4 Å². The Labute approximate surface area is 113 Å². The Kier molecular flexibility index (Phi) is 6.58. The van der Waals surface area contributed by atoms with E-state index in [0.29, 0.717) is 25.4 Å². The second-order valence-corrected chi connectivity index (χ2v) is 4.25. The number of rotatable bonds is 5. The summed E-state index contributed by atoms with van der Waals surface area (Å²) in [5.41, 5.74) is 6.09. The molecule has 102 valence electrons. The van der Waals surface area contributed by atoms with E-state index in [4.69, 9.17) is 10.5 Å². The maximum absolute atomic E-state index is 11.8. The van der Waals surface area contributed by atoms with Crippen LogP contribution in [0.2, 0.25) is 0 Å². The minimum atomic E-state index is -0.0824. The summed E-state index contributed by atoms with van der Waals surface area (Å²) in [6.45, 7) is 2.82. The van der Waals surface area contributed by atoms with Gasteiger partial charge in [0.05, 0.1) is 6.54 Å². The van der Waals surface area contributed by atoms with Crippen molar-refractivity contribution in [2.24, 2.45) is 11.7 Å². The molecule has 1 heterocycles. The van der Waals surface area contributed by atoms with Gasteiger partial charge in [0, 0.05) is 31.9 Å². The summed E-state index contributed by atoms with van der Waals surface area (Å²) in [6.07, 6.45) is 2.00. The van der Waals surface area contributed by atoms with Gasteiger partial charge in [-0.3, -0.25) is 4.79 Å². The molecular weight excluding hydrogens is 242 g/mol. The molecule has 1 aromatic heterocycles. The lowest BCUT2D eigenvalue weighted by atomic mass is 10.1. The molecule has 1 amide bonds. The third-order valence-corrected chi connectivity index (χ3v) is 2.35. The Morgan fingerprint density at radius 1 is 1.63 bits per heavy atom. The van der Waals surface area contributed by atoms with Gasteiger partial charge in [0.25, 0.3) is 0 Å². The van der Waals surface area contributed by atoms with Gasteiger partial charge >= 0.3 is 0 Å². The van der Waals surface area contributed by atoms with Crippen LogP contribution in [0.15, 0.2) is 18.3 Å². The predicted molar refractivity (Wildman–Crippen MR) is 74.5 cm³/mol.